The lowest BCUT2D eigenvalue weighted by Gasteiger charge is -2.30. The van der Waals surface area contributed by atoms with Crippen LogP contribution in [0.25, 0.3) is 11.1 Å². The summed E-state index contributed by atoms with van der Waals surface area (Å²) in [7, 11) is 3.72. The highest BCUT2D eigenvalue weighted by Gasteiger charge is 2.39. The number of anilines is 2. The van der Waals surface area contributed by atoms with Gasteiger partial charge in [0, 0.05) is 37.3 Å². The van der Waals surface area contributed by atoms with E-state index in [0.717, 1.165) is 24.8 Å². The predicted molar refractivity (Wildman–Crippen MR) is 93.3 cm³/mol. The van der Waals surface area contributed by atoms with Gasteiger partial charge in [-0.05, 0) is 25.0 Å². The number of carbonyl (C=O) groups is 1. The van der Waals surface area contributed by atoms with Crippen LogP contribution in [-0.2, 0) is 0 Å². The van der Waals surface area contributed by atoms with Crippen molar-refractivity contribution in [2.75, 3.05) is 30.9 Å². The minimum atomic E-state index is -0.270. The maximum absolute atomic E-state index is 12.3. The van der Waals surface area contributed by atoms with Gasteiger partial charge >= 0.3 is 6.03 Å². The van der Waals surface area contributed by atoms with Gasteiger partial charge in [-0.15, -0.1) is 0 Å². The maximum Gasteiger partial charge on any atom is 0.319 e. The highest BCUT2D eigenvalue weighted by molar-refractivity contribution is 5.92. The molecule has 1 aromatic heterocycles. The number of aliphatic hydroxyl groups is 1. The van der Waals surface area contributed by atoms with Gasteiger partial charge in [-0.2, -0.15) is 4.98 Å². The molecule has 1 aliphatic rings. The summed E-state index contributed by atoms with van der Waals surface area (Å²) in [5, 5.41) is 15.4. The van der Waals surface area contributed by atoms with E-state index in [4.69, 9.17) is 4.42 Å². The SMILES string of the molecule is CN(C)c1nc2ccc(NC(=O)NC3CCCC3(C)CO)cc2o1. The molecule has 24 heavy (non-hydrogen) atoms. The van der Waals surface area contributed by atoms with Crippen molar-refractivity contribution in [2.24, 2.45) is 5.41 Å². The molecule has 2 atom stereocenters. The Labute approximate surface area is 141 Å². The summed E-state index contributed by atoms with van der Waals surface area (Å²) in [6.07, 6.45) is 2.82. The lowest BCUT2D eigenvalue weighted by atomic mass is 9.86. The van der Waals surface area contributed by atoms with Crippen LogP contribution in [0, 0.1) is 5.41 Å². The molecule has 1 saturated carbocycles. The van der Waals surface area contributed by atoms with Gasteiger partial charge in [0.1, 0.15) is 5.52 Å². The Kier molecular flexibility index (Phi) is 4.36. The van der Waals surface area contributed by atoms with Gasteiger partial charge < -0.3 is 25.1 Å². The third-order valence-corrected chi connectivity index (χ3v) is 4.77. The summed E-state index contributed by atoms with van der Waals surface area (Å²) in [5.74, 6) is 0. The van der Waals surface area contributed by atoms with Gasteiger partial charge in [0.15, 0.2) is 5.58 Å². The highest BCUT2D eigenvalue weighted by Crippen LogP contribution is 2.37. The molecular weight excluding hydrogens is 308 g/mol. The first-order valence-corrected chi connectivity index (χ1v) is 8.17. The summed E-state index contributed by atoms with van der Waals surface area (Å²) in [5.41, 5.74) is 1.77. The molecule has 0 bridgehead atoms. The first kappa shape index (κ1) is 16.6. The molecule has 2 amide bonds. The average Bonchev–Trinajstić information content (AvgIpc) is 3.12. The second kappa shape index (κ2) is 6.32. The molecule has 0 radical (unpaired) electrons. The number of rotatable bonds is 4. The van der Waals surface area contributed by atoms with E-state index >= 15 is 0 Å². The van der Waals surface area contributed by atoms with Gasteiger partial charge in [-0.1, -0.05) is 13.3 Å². The van der Waals surface area contributed by atoms with Crippen molar-refractivity contribution in [2.45, 2.75) is 32.2 Å². The molecule has 0 saturated heterocycles. The Morgan fingerprint density at radius 1 is 1.50 bits per heavy atom. The van der Waals surface area contributed by atoms with Crippen molar-refractivity contribution in [1.82, 2.24) is 10.3 Å². The Morgan fingerprint density at radius 2 is 2.29 bits per heavy atom. The summed E-state index contributed by atoms with van der Waals surface area (Å²) in [6, 6.07) is 5.61. The molecule has 0 spiro atoms. The van der Waals surface area contributed by atoms with Gasteiger partial charge in [0.2, 0.25) is 0 Å². The fourth-order valence-corrected chi connectivity index (χ4v) is 3.18. The van der Waals surface area contributed by atoms with Crippen LogP contribution in [0.5, 0.6) is 0 Å². The minimum absolute atomic E-state index is 0.0168. The molecule has 130 valence electrons. The van der Waals surface area contributed by atoms with E-state index in [1.165, 1.54) is 0 Å². The second-order valence-corrected chi connectivity index (χ2v) is 6.93. The zero-order valence-electron chi connectivity index (χ0n) is 14.3. The van der Waals surface area contributed by atoms with Crippen molar-refractivity contribution in [3.05, 3.63) is 18.2 Å². The molecule has 1 fully saturated rings. The van der Waals surface area contributed by atoms with Crippen molar-refractivity contribution in [3.8, 4) is 0 Å². The first-order chi connectivity index (χ1) is 11.4. The van der Waals surface area contributed by atoms with Crippen LogP contribution in [-0.4, -0.2) is 42.9 Å². The standard InChI is InChI=1S/C17H24N4O3/c1-17(10-22)8-4-5-14(17)20-15(23)18-11-6-7-12-13(9-11)24-16(19-12)21(2)3/h6-7,9,14,22H,4-5,8,10H2,1-3H3,(H2,18,20,23). The molecule has 3 N–H and O–H groups in total. The van der Waals surface area contributed by atoms with Crippen LogP contribution >= 0.6 is 0 Å². The number of nitrogens with zero attached hydrogens (tertiary/aromatic N) is 2. The van der Waals surface area contributed by atoms with E-state index in [1.54, 1.807) is 17.0 Å². The van der Waals surface area contributed by atoms with Gasteiger partial charge in [-0.25, -0.2) is 4.79 Å². The Morgan fingerprint density at radius 3 is 3.00 bits per heavy atom. The second-order valence-electron chi connectivity index (χ2n) is 6.93. The largest absolute Gasteiger partial charge is 0.423 e. The number of benzene rings is 1. The zero-order chi connectivity index (χ0) is 17.3. The number of hydrogen-bond acceptors (Lipinski definition) is 5. The summed E-state index contributed by atoms with van der Waals surface area (Å²) < 4.78 is 5.65. The molecule has 1 aliphatic carbocycles. The summed E-state index contributed by atoms with van der Waals surface area (Å²) in [4.78, 5) is 18.4. The fourth-order valence-electron chi connectivity index (χ4n) is 3.18. The van der Waals surface area contributed by atoms with Crippen LogP contribution in [0.1, 0.15) is 26.2 Å². The van der Waals surface area contributed by atoms with Gasteiger partial charge in [-0.3, -0.25) is 0 Å². The van der Waals surface area contributed by atoms with E-state index < -0.39 is 0 Å². The molecular formula is C17H24N4O3. The van der Waals surface area contributed by atoms with Gasteiger partial charge in [0.05, 0.1) is 6.61 Å². The number of hydrogen-bond donors (Lipinski definition) is 3. The molecule has 1 heterocycles. The summed E-state index contributed by atoms with van der Waals surface area (Å²) in [6.45, 7) is 2.09. The van der Waals surface area contributed by atoms with Crippen molar-refractivity contribution >= 4 is 28.8 Å². The first-order valence-electron chi connectivity index (χ1n) is 8.17. The quantitative estimate of drug-likeness (QED) is 0.800. The number of fused-ring (bicyclic) bond motifs is 1. The Hall–Kier alpha value is -2.28. The van der Waals surface area contributed by atoms with Gasteiger partial charge in [0.25, 0.3) is 6.01 Å². The van der Waals surface area contributed by atoms with Crippen LogP contribution in [0.4, 0.5) is 16.5 Å². The van der Waals surface area contributed by atoms with Crippen molar-refractivity contribution < 1.29 is 14.3 Å². The Bertz CT molecular complexity index is 743. The maximum atomic E-state index is 12.3. The fraction of sp³-hybridized carbons (Fsp3) is 0.529. The Balaban J connectivity index is 1.69. The van der Waals surface area contributed by atoms with E-state index in [2.05, 4.69) is 15.6 Å². The lowest BCUT2D eigenvalue weighted by molar-refractivity contribution is 0.122. The minimum Gasteiger partial charge on any atom is -0.423 e. The molecule has 0 aliphatic heterocycles. The molecule has 3 rings (SSSR count). The van der Waals surface area contributed by atoms with Crippen LogP contribution in [0.2, 0.25) is 0 Å². The smallest absolute Gasteiger partial charge is 0.319 e. The van der Waals surface area contributed by atoms with E-state index in [0.29, 0.717) is 17.3 Å². The number of aliphatic hydroxyl groups excluding tert-OH is 1. The van der Waals surface area contributed by atoms with Crippen LogP contribution < -0.4 is 15.5 Å². The van der Waals surface area contributed by atoms with Crippen molar-refractivity contribution in [1.29, 1.82) is 0 Å². The lowest BCUT2D eigenvalue weighted by Crippen LogP contribution is -2.46. The van der Waals surface area contributed by atoms with Crippen molar-refractivity contribution in [3.63, 3.8) is 0 Å². The summed E-state index contributed by atoms with van der Waals surface area (Å²) >= 11 is 0. The number of amides is 2. The average molecular weight is 332 g/mol. The molecule has 2 unspecified atom stereocenters. The normalized spacial score (nSPS) is 23.4. The molecule has 7 nitrogen and oxygen atoms in total. The number of aromatic nitrogens is 1. The third-order valence-electron chi connectivity index (χ3n) is 4.77. The molecule has 2 aromatic rings. The molecule has 7 heteroatoms. The van der Waals surface area contributed by atoms with E-state index in [-0.39, 0.29) is 24.1 Å². The number of urea groups is 1. The number of nitrogens with one attached hydrogen (secondary N) is 2. The monoisotopic (exact) mass is 332 g/mol. The number of oxazole rings is 1. The molecule has 1 aromatic carbocycles. The highest BCUT2D eigenvalue weighted by atomic mass is 16.4. The van der Waals surface area contributed by atoms with Crippen LogP contribution in [0.3, 0.4) is 0 Å². The predicted octanol–water partition coefficient (Wildman–Crippen LogP) is 2.57. The zero-order valence-corrected chi connectivity index (χ0v) is 14.3. The third kappa shape index (κ3) is 3.17. The van der Waals surface area contributed by atoms with Crippen LogP contribution in [0.15, 0.2) is 22.6 Å². The van der Waals surface area contributed by atoms with E-state index in [1.807, 2.05) is 27.1 Å². The van der Waals surface area contributed by atoms with E-state index in [9.17, 15) is 9.90 Å². The number of carbonyl (C=O) groups excluding carboxylic acids is 1. The topological polar surface area (TPSA) is 90.6 Å².